The molecule has 1 N–H and O–H groups in total. The van der Waals surface area contributed by atoms with Crippen LogP contribution in [0.1, 0.15) is 37.8 Å². The minimum absolute atomic E-state index is 0.326. The van der Waals surface area contributed by atoms with Gasteiger partial charge in [0.15, 0.2) is 0 Å². The van der Waals surface area contributed by atoms with E-state index in [4.69, 9.17) is 9.84 Å². The first-order valence-corrected chi connectivity index (χ1v) is 5.83. The molecule has 1 rings (SSSR count). The standard InChI is InChI=1S/C14H17FO3/c1-4-18-13-8-10(9(2)3)5-6-11(13)7-12(15)14(16)17/h5-9H,4H2,1-3H3,(H,16,17)/b12-7-. The summed E-state index contributed by atoms with van der Waals surface area (Å²) in [4.78, 5) is 10.5. The summed E-state index contributed by atoms with van der Waals surface area (Å²) in [5, 5.41) is 8.52. The summed E-state index contributed by atoms with van der Waals surface area (Å²) in [5.74, 6) is -1.95. The fraction of sp³-hybridized carbons (Fsp3) is 0.357. The molecule has 0 aliphatic carbocycles. The molecule has 0 aliphatic heterocycles. The summed E-state index contributed by atoms with van der Waals surface area (Å²) in [6.07, 6.45) is 0.970. The average Bonchev–Trinajstić information content (AvgIpc) is 2.31. The molecular formula is C14H17FO3. The van der Waals surface area contributed by atoms with Gasteiger partial charge in [-0.05, 0) is 30.5 Å². The van der Waals surface area contributed by atoms with Crippen molar-refractivity contribution in [3.63, 3.8) is 0 Å². The molecule has 1 aromatic rings. The third-order valence-electron chi connectivity index (χ3n) is 2.49. The smallest absolute Gasteiger partial charge is 0.364 e. The second-order valence-electron chi connectivity index (χ2n) is 4.18. The van der Waals surface area contributed by atoms with Crippen LogP contribution in [0.2, 0.25) is 0 Å². The largest absolute Gasteiger partial charge is 0.493 e. The summed E-state index contributed by atoms with van der Waals surface area (Å²) in [6.45, 7) is 6.34. The Kier molecular flexibility index (Phi) is 4.89. The molecule has 0 radical (unpaired) electrons. The van der Waals surface area contributed by atoms with E-state index >= 15 is 0 Å². The van der Waals surface area contributed by atoms with E-state index in [0.29, 0.717) is 23.8 Å². The number of aliphatic carboxylic acids is 1. The molecule has 18 heavy (non-hydrogen) atoms. The Morgan fingerprint density at radius 3 is 2.67 bits per heavy atom. The van der Waals surface area contributed by atoms with Gasteiger partial charge in [-0.25, -0.2) is 4.79 Å². The highest BCUT2D eigenvalue weighted by Crippen LogP contribution is 2.27. The maximum Gasteiger partial charge on any atom is 0.364 e. The minimum atomic E-state index is -1.58. The average molecular weight is 252 g/mol. The zero-order valence-electron chi connectivity index (χ0n) is 10.7. The van der Waals surface area contributed by atoms with Crippen LogP contribution in [0.25, 0.3) is 6.08 Å². The molecular weight excluding hydrogens is 235 g/mol. The fourth-order valence-corrected chi connectivity index (χ4v) is 1.51. The highest BCUT2D eigenvalue weighted by atomic mass is 19.1. The molecule has 4 heteroatoms. The van der Waals surface area contributed by atoms with E-state index in [0.717, 1.165) is 11.6 Å². The maximum absolute atomic E-state index is 13.1. The van der Waals surface area contributed by atoms with Crippen molar-refractivity contribution in [2.24, 2.45) is 0 Å². The van der Waals surface area contributed by atoms with Gasteiger partial charge in [-0.2, -0.15) is 4.39 Å². The second-order valence-corrected chi connectivity index (χ2v) is 4.18. The summed E-state index contributed by atoms with van der Waals surface area (Å²) in [6, 6.07) is 5.33. The van der Waals surface area contributed by atoms with Gasteiger partial charge in [-0.3, -0.25) is 0 Å². The van der Waals surface area contributed by atoms with Crippen molar-refractivity contribution in [2.45, 2.75) is 26.7 Å². The Morgan fingerprint density at radius 1 is 1.50 bits per heavy atom. The van der Waals surface area contributed by atoms with Crippen molar-refractivity contribution < 1.29 is 19.0 Å². The molecule has 0 atom stereocenters. The molecule has 0 aliphatic rings. The van der Waals surface area contributed by atoms with Crippen molar-refractivity contribution in [3.8, 4) is 5.75 Å². The first-order chi connectivity index (χ1) is 8.45. The van der Waals surface area contributed by atoms with E-state index in [9.17, 15) is 9.18 Å². The number of hydrogen-bond donors (Lipinski definition) is 1. The maximum atomic E-state index is 13.1. The molecule has 1 aromatic carbocycles. The SMILES string of the molecule is CCOc1cc(C(C)C)ccc1/C=C(\F)C(=O)O. The molecule has 0 unspecified atom stereocenters. The van der Waals surface area contributed by atoms with E-state index in [2.05, 4.69) is 0 Å². The van der Waals surface area contributed by atoms with E-state index in [1.54, 1.807) is 6.07 Å². The van der Waals surface area contributed by atoms with Crippen LogP contribution >= 0.6 is 0 Å². The Hall–Kier alpha value is -1.84. The lowest BCUT2D eigenvalue weighted by Gasteiger charge is -2.11. The molecule has 0 fully saturated rings. The normalized spacial score (nSPS) is 11.7. The van der Waals surface area contributed by atoms with Gasteiger partial charge in [0, 0.05) is 5.56 Å². The predicted octanol–water partition coefficient (Wildman–Crippen LogP) is 3.60. The Morgan fingerprint density at radius 2 is 2.17 bits per heavy atom. The molecule has 0 amide bonds. The lowest BCUT2D eigenvalue weighted by molar-refractivity contribution is -0.134. The van der Waals surface area contributed by atoms with E-state index in [1.165, 1.54) is 0 Å². The summed E-state index contributed by atoms with van der Waals surface area (Å²) < 4.78 is 18.5. The van der Waals surface area contributed by atoms with Gasteiger partial charge in [-0.15, -0.1) is 0 Å². The van der Waals surface area contributed by atoms with E-state index < -0.39 is 11.8 Å². The van der Waals surface area contributed by atoms with Gasteiger partial charge >= 0.3 is 5.97 Å². The van der Waals surface area contributed by atoms with E-state index in [-0.39, 0.29) is 0 Å². The third kappa shape index (κ3) is 3.58. The number of rotatable bonds is 5. The zero-order valence-corrected chi connectivity index (χ0v) is 10.7. The molecule has 0 bridgehead atoms. The summed E-state index contributed by atoms with van der Waals surface area (Å²) in [7, 11) is 0. The van der Waals surface area contributed by atoms with Crippen LogP contribution in [0.3, 0.4) is 0 Å². The number of hydrogen-bond acceptors (Lipinski definition) is 2. The molecule has 0 heterocycles. The van der Waals surface area contributed by atoms with Crippen LogP contribution in [-0.2, 0) is 4.79 Å². The van der Waals surface area contributed by atoms with Crippen molar-refractivity contribution in [1.82, 2.24) is 0 Å². The summed E-state index contributed by atoms with van der Waals surface area (Å²) in [5.41, 5.74) is 1.49. The van der Waals surface area contributed by atoms with Gasteiger partial charge in [0.2, 0.25) is 5.83 Å². The van der Waals surface area contributed by atoms with Gasteiger partial charge in [-0.1, -0.05) is 26.0 Å². The minimum Gasteiger partial charge on any atom is -0.493 e. The van der Waals surface area contributed by atoms with Gasteiger partial charge in [0.1, 0.15) is 5.75 Å². The topological polar surface area (TPSA) is 46.5 Å². The van der Waals surface area contributed by atoms with Crippen LogP contribution in [0.4, 0.5) is 4.39 Å². The number of ether oxygens (including phenoxy) is 1. The Balaban J connectivity index is 3.19. The number of carboxylic acids is 1. The Labute approximate surface area is 106 Å². The number of carbonyl (C=O) groups is 1. The van der Waals surface area contributed by atoms with E-state index in [1.807, 2.05) is 32.9 Å². The number of benzene rings is 1. The highest BCUT2D eigenvalue weighted by Gasteiger charge is 2.10. The lowest BCUT2D eigenvalue weighted by Crippen LogP contribution is -1.98. The lowest BCUT2D eigenvalue weighted by atomic mass is 10.0. The van der Waals surface area contributed by atoms with Gasteiger partial charge < -0.3 is 9.84 Å². The van der Waals surface area contributed by atoms with Gasteiger partial charge in [0.05, 0.1) is 6.61 Å². The van der Waals surface area contributed by atoms with Crippen molar-refractivity contribution in [2.75, 3.05) is 6.61 Å². The molecule has 0 aromatic heterocycles. The molecule has 98 valence electrons. The monoisotopic (exact) mass is 252 g/mol. The number of halogens is 1. The quantitative estimate of drug-likeness (QED) is 0.814. The first kappa shape index (κ1) is 14.2. The Bertz CT molecular complexity index is 464. The molecule has 3 nitrogen and oxygen atoms in total. The van der Waals surface area contributed by atoms with Crippen LogP contribution in [0.15, 0.2) is 24.0 Å². The van der Waals surface area contributed by atoms with Gasteiger partial charge in [0.25, 0.3) is 0 Å². The van der Waals surface area contributed by atoms with Crippen molar-refractivity contribution >= 4 is 12.0 Å². The summed E-state index contributed by atoms with van der Waals surface area (Å²) >= 11 is 0. The highest BCUT2D eigenvalue weighted by molar-refractivity contribution is 5.90. The zero-order chi connectivity index (χ0) is 13.7. The van der Waals surface area contributed by atoms with Crippen molar-refractivity contribution in [3.05, 3.63) is 35.2 Å². The molecule has 0 spiro atoms. The first-order valence-electron chi connectivity index (χ1n) is 5.83. The predicted molar refractivity (Wildman–Crippen MR) is 68.4 cm³/mol. The van der Waals surface area contributed by atoms with Crippen LogP contribution in [-0.4, -0.2) is 17.7 Å². The fourth-order valence-electron chi connectivity index (χ4n) is 1.51. The van der Waals surface area contributed by atoms with Crippen molar-refractivity contribution in [1.29, 1.82) is 0 Å². The molecule has 0 saturated heterocycles. The van der Waals surface area contributed by atoms with Crippen LogP contribution < -0.4 is 4.74 Å². The molecule has 0 saturated carbocycles. The number of carboxylic acid groups (broad SMARTS) is 1. The van der Waals surface area contributed by atoms with Crippen LogP contribution in [0, 0.1) is 0 Å². The second kappa shape index (κ2) is 6.19. The van der Waals surface area contributed by atoms with Crippen LogP contribution in [0.5, 0.6) is 5.75 Å². The third-order valence-corrected chi connectivity index (χ3v) is 2.49.